The van der Waals surface area contributed by atoms with E-state index < -0.39 is 0 Å². The molecule has 0 atom stereocenters. The maximum Gasteiger partial charge on any atom is 0.237 e. The van der Waals surface area contributed by atoms with Crippen molar-refractivity contribution in [2.45, 2.75) is 38.5 Å². The molecule has 0 unspecified atom stereocenters. The molecule has 2 aliphatic rings. The highest BCUT2D eigenvalue weighted by Gasteiger charge is 2.25. The van der Waals surface area contributed by atoms with E-state index in [0.717, 1.165) is 69.0 Å². The lowest BCUT2D eigenvalue weighted by Crippen LogP contribution is -2.36. The third-order valence-corrected chi connectivity index (χ3v) is 6.27. The molecular formula is C21H29N5O2S. The Bertz CT molecular complexity index is 847. The summed E-state index contributed by atoms with van der Waals surface area (Å²) >= 11 is 1.50. The van der Waals surface area contributed by atoms with Crippen molar-refractivity contribution in [3.05, 3.63) is 35.7 Å². The normalized spacial score (nSPS) is 17.1. The fraction of sp³-hybridized carbons (Fsp3) is 0.571. The molecule has 29 heavy (non-hydrogen) atoms. The van der Waals surface area contributed by atoms with E-state index in [1.807, 2.05) is 23.1 Å². The summed E-state index contributed by atoms with van der Waals surface area (Å²) in [6.07, 6.45) is 0.930. The second kappa shape index (κ2) is 9.28. The van der Waals surface area contributed by atoms with Crippen LogP contribution in [0.2, 0.25) is 0 Å². The number of morpholine rings is 1. The smallest absolute Gasteiger partial charge is 0.237 e. The summed E-state index contributed by atoms with van der Waals surface area (Å²) in [6, 6.07) is 8.17. The molecule has 0 bridgehead atoms. The SMILES string of the molecule is CC(C)Cn1c(CN2CCOCC2)nnc1SCC(=O)N1CCc2ccccc21. The molecule has 4 rings (SSSR count). The zero-order chi connectivity index (χ0) is 20.2. The number of carbonyl (C=O) groups is 1. The van der Waals surface area contributed by atoms with Gasteiger partial charge in [-0.3, -0.25) is 9.69 Å². The van der Waals surface area contributed by atoms with Gasteiger partial charge in [0.1, 0.15) is 5.82 Å². The first kappa shape index (κ1) is 20.4. The molecule has 1 aromatic heterocycles. The fourth-order valence-corrected chi connectivity index (χ4v) is 4.69. The average molecular weight is 416 g/mol. The molecule has 1 aromatic carbocycles. The number of thioether (sulfide) groups is 1. The van der Waals surface area contributed by atoms with Gasteiger partial charge in [0.15, 0.2) is 5.16 Å². The predicted molar refractivity (Wildman–Crippen MR) is 114 cm³/mol. The molecule has 2 aromatic rings. The number of hydrogen-bond acceptors (Lipinski definition) is 6. The maximum atomic E-state index is 12.9. The van der Waals surface area contributed by atoms with Crippen molar-refractivity contribution < 1.29 is 9.53 Å². The van der Waals surface area contributed by atoms with Gasteiger partial charge < -0.3 is 14.2 Å². The summed E-state index contributed by atoms with van der Waals surface area (Å²) in [7, 11) is 0. The molecule has 1 saturated heterocycles. The van der Waals surface area contributed by atoms with Crippen LogP contribution in [0.5, 0.6) is 0 Å². The Morgan fingerprint density at radius 3 is 2.76 bits per heavy atom. The lowest BCUT2D eigenvalue weighted by atomic mass is 10.2. The fourth-order valence-electron chi connectivity index (χ4n) is 3.85. The van der Waals surface area contributed by atoms with Crippen molar-refractivity contribution in [2.24, 2.45) is 5.92 Å². The molecule has 0 saturated carbocycles. The Balaban J connectivity index is 1.43. The highest BCUT2D eigenvalue weighted by atomic mass is 32.2. The molecule has 1 fully saturated rings. The Morgan fingerprint density at radius 2 is 1.97 bits per heavy atom. The number of amides is 1. The van der Waals surface area contributed by atoms with Crippen molar-refractivity contribution in [1.29, 1.82) is 0 Å². The van der Waals surface area contributed by atoms with Crippen molar-refractivity contribution in [1.82, 2.24) is 19.7 Å². The van der Waals surface area contributed by atoms with Crippen LogP contribution in [0.25, 0.3) is 0 Å². The first-order valence-electron chi connectivity index (χ1n) is 10.3. The molecule has 2 aliphatic heterocycles. The number of benzene rings is 1. The van der Waals surface area contributed by atoms with Crippen LogP contribution in [0.4, 0.5) is 5.69 Å². The molecule has 1 amide bonds. The summed E-state index contributed by atoms with van der Waals surface area (Å²) < 4.78 is 7.64. The van der Waals surface area contributed by atoms with Gasteiger partial charge in [-0.25, -0.2) is 0 Å². The van der Waals surface area contributed by atoms with Crippen LogP contribution in [0, 0.1) is 5.92 Å². The van der Waals surface area contributed by atoms with Gasteiger partial charge in [0.05, 0.1) is 25.5 Å². The summed E-state index contributed by atoms with van der Waals surface area (Å²) in [5.41, 5.74) is 2.30. The first-order chi connectivity index (χ1) is 14.1. The minimum Gasteiger partial charge on any atom is -0.379 e. The molecule has 0 N–H and O–H groups in total. The van der Waals surface area contributed by atoms with Crippen molar-refractivity contribution in [3.8, 4) is 0 Å². The van der Waals surface area contributed by atoms with E-state index in [-0.39, 0.29) is 5.91 Å². The summed E-state index contributed by atoms with van der Waals surface area (Å²) in [5, 5.41) is 9.72. The number of para-hydroxylation sites is 1. The summed E-state index contributed by atoms with van der Waals surface area (Å²) in [5.74, 6) is 1.97. The number of carbonyl (C=O) groups excluding carboxylic acids is 1. The lowest BCUT2D eigenvalue weighted by Gasteiger charge is -2.26. The molecule has 0 radical (unpaired) electrons. The third-order valence-electron chi connectivity index (χ3n) is 5.32. The van der Waals surface area contributed by atoms with Crippen LogP contribution in [-0.2, 0) is 29.0 Å². The van der Waals surface area contributed by atoms with Crippen LogP contribution in [0.3, 0.4) is 0 Å². The topological polar surface area (TPSA) is 63.5 Å². The minimum atomic E-state index is 0.133. The Kier molecular flexibility index (Phi) is 6.52. The van der Waals surface area contributed by atoms with Crippen molar-refractivity contribution in [3.63, 3.8) is 0 Å². The molecule has 3 heterocycles. The van der Waals surface area contributed by atoms with E-state index in [4.69, 9.17) is 4.74 Å². The van der Waals surface area contributed by atoms with Crippen LogP contribution in [0.15, 0.2) is 29.4 Å². The highest BCUT2D eigenvalue weighted by Crippen LogP contribution is 2.29. The quantitative estimate of drug-likeness (QED) is 0.648. The molecule has 0 aliphatic carbocycles. The van der Waals surface area contributed by atoms with Crippen LogP contribution >= 0.6 is 11.8 Å². The van der Waals surface area contributed by atoms with E-state index in [9.17, 15) is 4.79 Å². The second-order valence-electron chi connectivity index (χ2n) is 8.00. The number of hydrogen-bond donors (Lipinski definition) is 0. The number of anilines is 1. The Labute approximate surface area is 176 Å². The number of rotatable bonds is 7. The van der Waals surface area contributed by atoms with Gasteiger partial charge in [0, 0.05) is 31.9 Å². The van der Waals surface area contributed by atoms with Gasteiger partial charge in [-0.05, 0) is 24.0 Å². The zero-order valence-corrected chi connectivity index (χ0v) is 18.0. The zero-order valence-electron chi connectivity index (χ0n) is 17.2. The van der Waals surface area contributed by atoms with Crippen LogP contribution in [-0.4, -0.2) is 64.2 Å². The van der Waals surface area contributed by atoms with Gasteiger partial charge in [0.2, 0.25) is 5.91 Å². The molecule has 8 heteroatoms. The van der Waals surface area contributed by atoms with Crippen molar-refractivity contribution >= 4 is 23.4 Å². The molecular weight excluding hydrogens is 386 g/mol. The van der Waals surface area contributed by atoms with E-state index in [1.165, 1.54) is 17.3 Å². The van der Waals surface area contributed by atoms with E-state index in [2.05, 4.69) is 39.6 Å². The lowest BCUT2D eigenvalue weighted by molar-refractivity contribution is -0.116. The number of aromatic nitrogens is 3. The van der Waals surface area contributed by atoms with Gasteiger partial charge in [-0.1, -0.05) is 43.8 Å². The van der Waals surface area contributed by atoms with Gasteiger partial charge >= 0.3 is 0 Å². The van der Waals surface area contributed by atoms with Gasteiger partial charge in [-0.2, -0.15) is 0 Å². The largest absolute Gasteiger partial charge is 0.379 e. The number of fused-ring (bicyclic) bond motifs is 1. The number of nitrogens with zero attached hydrogens (tertiary/aromatic N) is 5. The average Bonchev–Trinajstić information content (AvgIpc) is 3.31. The second-order valence-corrected chi connectivity index (χ2v) is 8.95. The van der Waals surface area contributed by atoms with E-state index >= 15 is 0 Å². The first-order valence-corrected chi connectivity index (χ1v) is 11.3. The standard InChI is InChI=1S/C21H29N5O2S/c1-16(2)13-26-19(14-24-9-11-28-12-10-24)22-23-21(26)29-15-20(27)25-8-7-17-5-3-4-6-18(17)25/h3-6,16H,7-15H2,1-2H3. The third kappa shape index (κ3) is 4.82. The molecule has 7 nitrogen and oxygen atoms in total. The van der Waals surface area contributed by atoms with Crippen LogP contribution in [0.1, 0.15) is 25.2 Å². The molecule has 0 spiro atoms. The molecule has 156 valence electrons. The summed E-state index contributed by atoms with van der Waals surface area (Å²) in [4.78, 5) is 17.1. The summed E-state index contributed by atoms with van der Waals surface area (Å²) in [6.45, 7) is 10.2. The van der Waals surface area contributed by atoms with Crippen molar-refractivity contribution in [2.75, 3.05) is 43.5 Å². The van der Waals surface area contributed by atoms with E-state index in [0.29, 0.717) is 11.7 Å². The Morgan fingerprint density at radius 1 is 1.17 bits per heavy atom. The monoisotopic (exact) mass is 415 g/mol. The number of ether oxygens (including phenoxy) is 1. The maximum absolute atomic E-state index is 12.9. The van der Waals surface area contributed by atoms with Gasteiger partial charge in [0.25, 0.3) is 0 Å². The predicted octanol–water partition coefficient (Wildman–Crippen LogP) is 2.45. The minimum absolute atomic E-state index is 0.133. The van der Waals surface area contributed by atoms with Crippen LogP contribution < -0.4 is 4.90 Å². The van der Waals surface area contributed by atoms with Gasteiger partial charge in [-0.15, -0.1) is 10.2 Å². The Hall–Kier alpha value is -1.90. The van der Waals surface area contributed by atoms with E-state index in [1.54, 1.807) is 0 Å². The highest BCUT2D eigenvalue weighted by molar-refractivity contribution is 7.99.